The summed E-state index contributed by atoms with van der Waals surface area (Å²) in [5.41, 5.74) is 6.16. The zero-order valence-corrected chi connectivity index (χ0v) is 16.0. The molecule has 3 atom stereocenters. The Kier molecular flexibility index (Phi) is 7.30. The topological polar surface area (TPSA) is 84.7 Å². The van der Waals surface area contributed by atoms with Gasteiger partial charge in [0, 0.05) is 24.7 Å². The fraction of sp³-hybridized carbons (Fsp3) is 0.600. The number of nitrogens with one attached hydrogen (secondary N) is 1. The second-order valence-corrected chi connectivity index (χ2v) is 7.28. The molecule has 3 N–H and O–H groups in total. The first-order valence-electron chi connectivity index (χ1n) is 9.37. The normalized spacial score (nSPS) is 22.5. The van der Waals surface area contributed by atoms with E-state index in [1.54, 1.807) is 7.11 Å². The Morgan fingerprint density at radius 3 is 2.54 bits per heavy atom. The first kappa shape index (κ1) is 20.1. The lowest BCUT2D eigenvalue weighted by molar-refractivity contribution is -0.121. The third-order valence-electron chi connectivity index (χ3n) is 5.45. The molecule has 1 aromatic rings. The van der Waals surface area contributed by atoms with Gasteiger partial charge in [-0.1, -0.05) is 26.7 Å². The second-order valence-electron chi connectivity index (χ2n) is 7.28. The van der Waals surface area contributed by atoms with Crippen molar-refractivity contribution in [1.29, 1.82) is 0 Å². The maximum Gasteiger partial charge on any atom is 0.239 e. The monoisotopic (exact) mass is 361 g/mol. The summed E-state index contributed by atoms with van der Waals surface area (Å²) in [6, 6.07) is 7.68. The summed E-state index contributed by atoms with van der Waals surface area (Å²) < 4.78 is 5.18. The summed E-state index contributed by atoms with van der Waals surface area (Å²) in [5.74, 6) is 1.46. The van der Waals surface area contributed by atoms with Gasteiger partial charge in [-0.3, -0.25) is 9.59 Å². The molecule has 0 bridgehead atoms. The van der Waals surface area contributed by atoms with E-state index in [1.165, 1.54) is 6.42 Å². The van der Waals surface area contributed by atoms with E-state index in [4.69, 9.17) is 10.5 Å². The molecule has 0 aromatic heterocycles. The predicted molar refractivity (Wildman–Crippen MR) is 103 cm³/mol. The average Bonchev–Trinajstić information content (AvgIpc) is 2.62. The van der Waals surface area contributed by atoms with E-state index in [1.807, 2.05) is 29.2 Å². The molecule has 0 spiro atoms. The van der Waals surface area contributed by atoms with Crippen molar-refractivity contribution in [2.24, 2.45) is 17.6 Å². The van der Waals surface area contributed by atoms with Crippen molar-refractivity contribution in [2.75, 3.05) is 25.1 Å². The number of carbonyl (C=O) groups excluding carboxylic acids is 2. The number of hydrogen-bond donors (Lipinski definition) is 2. The molecule has 144 valence electrons. The standard InChI is InChI=1S/C20H31N3O3/c1-14-5-4-6-18(15(14)2)22-20(25)13-23(12-11-19(21)24)16-7-9-17(26-3)10-8-16/h7-10,14-15,18H,4-6,11-13H2,1-3H3,(H2,21,24)(H,22,25)/t14-,15+,18+/m0/s1. The van der Waals surface area contributed by atoms with Gasteiger partial charge in [0.15, 0.2) is 0 Å². The van der Waals surface area contributed by atoms with Crippen LogP contribution in [-0.2, 0) is 9.59 Å². The van der Waals surface area contributed by atoms with Gasteiger partial charge in [-0.25, -0.2) is 0 Å². The number of methoxy groups -OCH3 is 1. The number of ether oxygens (including phenoxy) is 1. The van der Waals surface area contributed by atoms with Crippen molar-refractivity contribution < 1.29 is 14.3 Å². The molecule has 0 aliphatic heterocycles. The lowest BCUT2D eigenvalue weighted by atomic mass is 9.78. The molecule has 0 unspecified atom stereocenters. The maximum absolute atomic E-state index is 12.6. The van der Waals surface area contributed by atoms with Crippen molar-refractivity contribution in [2.45, 2.75) is 45.6 Å². The molecule has 6 heteroatoms. The number of anilines is 1. The summed E-state index contributed by atoms with van der Waals surface area (Å²) >= 11 is 0. The number of nitrogens with two attached hydrogens (primary N) is 1. The van der Waals surface area contributed by atoms with Crippen molar-refractivity contribution in [1.82, 2.24) is 5.32 Å². The highest BCUT2D eigenvalue weighted by Gasteiger charge is 2.28. The molecule has 26 heavy (non-hydrogen) atoms. The number of primary amides is 1. The van der Waals surface area contributed by atoms with E-state index in [0.717, 1.165) is 24.3 Å². The highest BCUT2D eigenvalue weighted by molar-refractivity contribution is 5.82. The molecular weight excluding hydrogens is 330 g/mol. The molecule has 1 aliphatic carbocycles. The number of hydrogen-bond acceptors (Lipinski definition) is 4. The largest absolute Gasteiger partial charge is 0.497 e. The minimum Gasteiger partial charge on any atom is -0.497 e. The van der Waals surface area contributed by atoms with Gasteiger partial charge in [-0.05, 0) is 42.5 Å². The molecule has 2 rings (SSSR count). The number of rotatable bonds is 8. The van der Waals surface area contributed by atoms with Crippen LogP contribution in [0.1, 0.15) is 39.5 Å². The molecule has 6 nitrogen and oxygen atoms in total. The zero-order chi connectivity index (χ0) is 19.1. The summed E-state index contributed by atoms with van der Waals surface area (Å²) in [6.07, 6.45) is 3.61. The van der Waals surface area contributed by atoms with Crippen LogP contribution in [0, 0.1) is 11.8 Å². The van der Waals surface area contributed by atoms with Crippen LogP contribution in [0.4, 0.5) is 5.69 Å². The summed E-state index contributed by atoms with van der Waals surface area (Å²) in [4.78, 5) is 25.7. The smallest absolute Gasteiger partial charge is 0.239 e. The highest BCUT2D eigenvalue weighted by atomic mass is 16.5. The molecule has 0 heterocycles. The summed E-state index contributed by atoms with van der Waals surface area (Å²) in [7, 11) is 1.61. The molecule has 0 saturated heterocycles. The number of nitrogens with zero attached hydrogens (tertiary/aromatic N) is 1. The van der Waals surface area contributed by atoms with Gasteiger partial charge in [-0.2, -0.15) is 0 Å². The number of amides is 2. The van der Waals surface area contributed by atoms with Crippen molar-refractivity contribution >= 4 is 17.5 Å². The van der Waals surface area contributed by atoms with Crippen molar-refractivity contribution in [3.8, 4) is 5.75 Å². The van der Waals surface area contributed by atoms with Crippen LogP contribution in [-0.4, -0.2) is 38.1 Å². The average molecular weight is 361 g/mol. The summed E-state index contributed by atoms with van der Waals surface area (Å²) in [6.45, 7) is 5.07. The van der Waals surface area contributed by atoms with Crippen LogP contribution in [0.25, 0.3) is 0 Å². The first-order valence-corrected chi connectivity index (χ1v) is 9.37. The predicted octanol–water partition coefficient (Wildman–Crippen LogP) is 2.32. The van der Waals surface area contributed by atoms with Crippen molar-refractivity contribution in [3.05, 3.63) is 24.3 Å². The third kappa shape index (κ3) is 5.64. The van der Waals surface area contributed by atoms with E-state index in [-0.39, 0.29) is 30.8 Å². The number of benzene rings is 1. The van der Waals surface area contributed by atoms with Gasteiger partial charge in [0.1, 0.15) is 5.75 Å². The zero-order valence-electron chi connectivity index (χ0n) is 16.0. The van der Waals surface area contributed by atoms with Gasteiger partial charge in [0.2, 0.25) is 11.8 Å². The van der Waals surface area contributed by atoms with Crippen molar-refractivity contribution in [3.63, 3.8) is 0 Å². The Morgan fingerprint density at radius 2 is 1.92 bits per heavy atom. The van der Waals surface area contributed by atoms with Crippen LogP contribution in [0.2, 0.25) is 0 Å². The molecular formula is C20H31N3O3. The molecule has 1 aliphatic rings. The molecule has 1 saturated carbocycles. The minimum atomic E-state index is -0.376. The Balaban J connectivity index is 2.02. The Bertz CT molecular complexity index is 603. The van der Waals surface area contributed by atoms with Crippen LogP contribution in [0.5, 0.6) is 5.75 Å². The first-order chi connectivity index (χ1) is 12.4. The van der Waals surface area contributed by atoms with Crippen LogP contribution in [0.15, 0.2) is 24.3 Å². The fourth-order valence-corrected chi connectivity index (χ4v) is 3.55. The Hall–Kier alpha value is -2.24. The molecule has 1 aromatic carbocycles. The van der Waals surface area contributed by atoms with Crippen LogP contribution >= 0.6 is 0 Å². The molecule has 0 radical (unpaired) electrons. The quantitative estimate of drug-likeness (QED) is 0.744. The van der Waals surface area contributed by atoms with Gasteiger partial charge < -0.3 is 20.7 Å². The van der Waals surface area contributed by atoms with E-state index >= 15 is 0 Å². The lowest BCUT2D eigenvalue weighted by Gasteiger charge is -2.35. The van der Waals surface area contributed by atoms with E-state index in [2.05, 4.69) is 19.2 Å². The van der Waals surface area contributed by atoms with Gasteiger partial charge in [-0.15, -0.1) is 0 Å². The summed E-state index contributed by atoms with van der Waals surface area (Å²) in [5, 5.41) is 3.19. The van der Waals surface area contributed by atoms with Gasteiger partial charge >= 0.3 is 0 Å². The molecule has 1 fully saturated rings. The third-order valence-corrected chi connectivity index (χ3v) is 5.45. The second kappa shape index (κ2) is 9.46. The highest BCUT2D eigenvalue weighted by Crippen LogP contribution is 2.29. The van der Waals surface area contributed by atoms with E-state index in [9.17, 15) is 9.59 Å². The fourth-order valence-electron chi connectivity index (χ4n) is 3.55. The van der Waals surface area contributed by atoms with Gasteiger partial charge in [0.25, 0.3) is 0 Å². The van der Waals surface area contributed by atoms with Gasteiger partial charge in [0.05, 0.1) is 13.7 Å². The van der Waals surface area contributed by atoms with E-state index < -0.39 is 0 Å². The lowest BCUT2D eigenvalue weighted by Crippen LogP contribution is -2.47. The Labute approximate surface area is 156 Å². The SMILES string of the molecule is COc1ccc(N(CCC(N)=O)CC(=O)N[C@@H]2CCC[C@H](C)[C@H]2C)cc1. The molecule has 2 amide bonds. The minimum absolute atomic E-state index is 0.0174. The Morgan fingerprint density at radius 1 is 1.23 bits per heavy atom. The maximum atomic E-state index is 12.6. The van der Waals surface area contributed by atoms with Crippen LogP contribution < -0.4 is 20.7 Å². The number of carbonyl (C=O) groups is 2. The van der Waals surface area contributed by atoms with E-state index in [0.29, 0.717) is 18.4 Å². The van der Waals surface area contributed by atoms with Crippen LogP contribution in [0.3, 0.4) is 0 Å².